The van der Waals surface area contributed by atoms with E-state index in [1.807, 2.05) is 30.7 Å². The highest BCUT2D eigenvalue weighted by Gasteiger charge is 2.24. The molecule has 0 bridgehead atoms. The maximum absolute atomic E-state index is 12.2. The molecule has 19 heavy (non-hydrogen) atoms. The van der Waals surface area contributed by atoms with Crippen molar-refractivity contribution in [3.63, 3.8) is 0 Å². The fourth-order valence-corrected chi connectivity index (χ4v) is 2.12. The summed E-state index contributed by atoms with van der Waals surface area (Å²) < 4.78 is 0. The third kappa shape index (κ3) is 5.37. The van der Waals surface area contributed by atoms with Crippen molar-refractivity contribution in [2.75, 3.05) is 46.3 Å². The van der Waals surface area contributed by atoms with Crippen LogP contribution in [0.25, 0.3) is 0 Å². The molecule has 0 saturated carbocycles. The van der Waals surface area contributed by atoms with Crippen molar-refractivity contribution in [1.29, 1.82) is 0 Å². The van der Waals surface area contributed by atoms with Crippen molar-refractivity contribution < 1.29 is 4.79 Å². The monoisotopic (exact) mass is 270 g/mol. The van der Waals surface area contributed by atoms with Gasteiger partial charge in [0.05, 0.1) is 0 Å². The Morgan fingerprint density at radius 2 is 1.74 bits per heavy atom. The van der Waals surface area contributed by atoms with Crippen LogP contribution in [0.15, 0.2) is 0 Å². The summed E-state index contributed by atoms with van der Waals surface area (Å²) in [6.45, 7) is 14.2. The van der Waals surface area contributed by atoms with Gasteiger partial charge in [0.1, 0.15) is 0 Å². The molecule has 1 saturated heterocycles. The van der Waals surface area contributed by atoms with Crippen LogP contribution < -0.4 is 5.32 Å². The third-order valence-electron chi connectivity index (χ3n) is 3.70. The smallest absolute Gasteiger partial charge is 0.320 e. The number of nitrogens with zero attached hydrogens (tertiary/aromatic N) is 3. The van der Waals surface area contributed by atoms with Gasteiger partial charge < -0.3 is 15.1 Å². The number of carbonyl (C=O) groups excluding carboxylic acids is 1. The van der Waals surface area contributed by atoms with E-state index in [1.54, 1.807) is 0 Å². The Hall–Kier alpha value is -0.810. The minimum absolute atomic E-state index is 0.162. The molecule has 1 heterocycles. The molecule has 0 aromatic rings. The number of hydrogen-bond acceptors (Lipinski definition) is 3. The summed E-state index contributed by atoms with van der Waals surface area (Å²) >= 11 is 0. The Bertz CT molecular complexity index is 273. The minimum atomic E-state index is 0.162. The van der Waals surface area contributed by atoms with Crippen LogP contribution >= 0.6 is 0 Å². The van der Waals surface area contributed by atoms with E-state index in [4.69, 9.17) is 0 Å². The first-order valence-electron chi connectivity index (χ1n) is 7.39. The van der Waals surface area contributed by atoms with Crippen LogP contribution in [0.4, 0.5) is 4.79 Å². The maximum Gasteiger partial charge on any atom is 0.320 e. The van der Waals surface area contributed by atoms with E-state index in [2.05, 4.69) is 24.1 Å². The van der Waals surface area contributed by atoms with Gasteiger partial charge in [-0.3, -0.25) is 4.90 Å². The number of amides is 2. The quantitative estimate of drug-likeness (QED) is 0.812. The minimum Gasteiger partial charge on any atom is -0.325 e. The average Bonchev–Trinajstić information content (AvgIpc) is 2.37. The molecule has 1 fully saturated rings. The molecule has 1 rings (SSSR count). The highest BCUT2D eigenvalue weighted by atomic mass is 16.2. The van der Waals surface area contributed by atoms with Crippen LogP contribution in [0, 0.1) is 0 Å². The van der Waals surface area contributed by atoms with Crippen LogP contribution in [0.2, 0.25) is 0 Å². The fourth-order valence-electron chi connectivity index (χ4n) is 2.12. The highest BCUT2D eigenvalue weighted by Crippen LogP contribution is 2.06. The van der Waals surface area contributed by atoms with Gasteiger partial charge in [-0.2, -0.15) is 0 Å². The Morgan fingerprint density at radius 1 is 1.16 bits per heavy atom. The molecule has 5 nitrogen and oxygen atoms in total. The molecule has 0 aromatic heterocycles. The molecule has 1 aliphatic heterocycles. The molecule has 0 aromatic carbocycles. The van der Waals surface area contributed by atoms with Crippen molar-refractivity contribution >= 4 is 6.03 Å². The lowest BCUT2D eigenvalue weighted by Gasteiger charge is -2.37. The fraction of sp³-hybridized carbons (Fsp3) is 0.929. The molecule has 2 amide bonds. The largest absolute Gasteiger partial charge is 0.325 e. The molecule has 0 unspecified atom stereocenters. The lowest BCUT2D eigenvalue weighted by Crippen LogP contribution is -2.54. The summed E-state index contributed by atoms with van der Waals surface area (Å²) in [5.41, 5.74) is 0. The van der Waals surface area contributed by atoms with Crippen molar-refractivity contribution in [2.45, 2.75) is 39.8 Å². The summed E-state index contributed by atoms with van der Waals surface area (Å²) in [7, 11) is 1.88. The van der Waals surface area contributed by atoms with Crippen molar-refractivity contribution in [2.24, 2.45) is 0 Å². The van der Waals surface area contributed by atoms with Gasteiger partial charge in [0, 0.05) is 58.4 Å². The van der Waals surface area contributed by atoms with Crippen LogP contribution in [-0.4, -0.2) is 79.1 Å². The second kappa shape index (κ2) is 7.70. The van der Waals surface area contributed by atoms with Crippen LogP contribution in [0.1, 0.15) is 27.7 Å². The van der Waals surface area contributed by atoms with E-state index in [0.29, 0.717) is 6.04 Å². The molecule has 112 valence electrons. The van der Waals surface area contributed by atoms with E-state index < -0.39 is 0 Å². The maximum atomic E-state index is 12.2. The second-order valence-corrected chi connectivity index (χ2v) is 5.92. The number of urea groups is 1. The first kappa shape index (κ1) is 16.2. The Kier molecular flexibility index (Phi) is 6.58. The first-order valence-corrected chi connectivity index (χ1v) is 7.39. The first-order chi connectivity index (χ1) is 8.91. The van der Waals surface area contributed by atoms with Gasteiger partial charge in [0.15, 0.2) is 0 Å². The second-order valence-electron chi connectivity index (χ2n) is 5.92. The van der Waals surface area contributed by atoms with Crippen LogP contribution in [0.3, 0.4) is 0 Å². The predicted molar refractivity (Wildman–Crippen MR) is 79.4 cm³/mol. The van der Waals surface area contributed by atoms with Gasteiger partial charge in [-0.1, -0.05) is 13.8 Å². The van der Waals surface area contributed by atoms with E-state index in [0.717, 1.165) is 39.3 Å². The van der Waals surface area contributed by atoms with Gasteiger partial charge >= 0.3 is 6.03 Å². The normalized spacial score (nSPS) is 17.3. The summed E-state index contributed by atoms with van der Waals surface area (Å²) in [6, 6.07) is 0.971. The molecular formula is C14H30N4O. The molecule has 0 spiro atoms. The molecule has 5 heteroatoms. The number of carbonyl (C=O) groups is 1. The Balaban J connectivity index is 2.27. The van der Waals surface area contributed by atoms with E-state index in [1.165, 1.54) is 0 Å². The van der Waals surface area contributed by atoms with Gasteiger partial charge in [-0.25, -0.2) is 4.79 Å². The molecule has 0 radical (unpaired) electrons. The van der Waals surface area contributed by atoms with E-state index in [9.17, 15) is 4.79 Å². The number of rotatable bonds is 5. The van der Waals surface area contributed by atoms with Crippen molar-refractivity contribution in [1.82, 2.24) is 20.0 Å². The Morgan fingerprint density at radius 3 is 2.21 bits per heavy atom. The topological polar surface area (TPSA) is 38.8 Å². The lowest BCUT2D eigenvalue weighted by molar-refractivity contribution is 0.112. The Labute approximate surface area is 117 Å². The number of nitrogens with one attached hydrogen (secondary N) is 1. The highest BCUT2D eigenvalue weighted by molar-refractivity contribution is 5.74. The van der Waals surface area contributed by atoms with E-state index >= 15 is 0 Å². The van der Waals surface area contributed by atoms with Gasteiger partial charge in [-0.15, -0.1) is 0 Å². The predicted octanol–water partition coefficient (Wildman–Crippen LogP) is 1.06. The van der Waals surface area contributed by atoms with Crippen LogP contribution in [0.5, 0.6) is 0 Å². The third-order valence-corrected chi connectivity index (χ3v) is 3.70. The summed E-state index contributed by atoms with van der Waals surface area (Å²) in [5, 5.41) is 3.43. The van der Waals surface area contributed by atoms with Crippen molar-refractivity contribution in [3.05, 3.63) is 0 Å². The molecular weight excluding hydrogens is 240 g/mol. The summed E-state index contributed by atoms with van der Waals surface area (Å²) in [6.07, 6.45) is 0. The standard InChI is InChI=1S/C14H30N4O/c1-12(2)15-6-7-17-8-10-18(11-9-17)14(19)16(5)13(3)4/h12-13,15H,6-11H2,1-5H3. The number of piperazine rings is 1. The van der Waals surface area contributed by atoms with Gasteiger partial charge in [0.25, 0.3) is 0 Å². The van der Waals surface area contributed by atoms with Gasteiger partial charge in [0.2, 0.25) is 0 Å². The summed E-state index contributed by atoms with van der Waals surface area (Å²) in [4.78, 5) is 18.4. The molecule has 0 atom stereocenters. The molecule has 0 aliphatic carbocycles. The number of hydrogen-bond donors (Lipinski definition) is 1. The molecule has 1 N–H and O–H groups in total. The zero-order chi connectivity index (χ0) is 14.4. The average molecular weight is 270 g/mol. The zero-order valence-corrected chi connectivity index (χ0v) is 13.1. The van der Waals surface area contributed by atoms with Crippen molar-refractivity contribution in [3.8, 4) is 0 Å². The van der Waals surface area contributed by atoms with Crippen LogP contribution in [-0.2, 0) is 0 Å². The molecule has 1 aliphatic rings. The van der Waals surface area contributed by atoms with Gasteiger partial charge in [-0.05, 0) is 13.8 Å². The lowest BCUT2D eigenvalue weighted by atomic mass is 10.3. The zero-order valence-electron chi connectivity index (χ0n) is 13.1. The SMILES string of the molecule is CC(C)NCCN1CCN(C(=O)N(C)C(C)C)CC1. The van der Waals surface area contributed by atoms with E-state index in [-0.39, 0.29) is 12.1 Å². The summed E-state index contributed by atoms with van der Waals surface area (Å²) in [5.74, 6) is 0.